The number of nitrogen functional groups attached to an aromatic ring is 1. The first-order valence-corrected chi connectivity index (χ1v) is 8.45. The van der Waals surface area contributed by atoms with Gasteiger partial charge in [0.2, 0.25) is 0 Å². The van der Waals surface area contributed by atoms with Crippen molar-refractivity contribution in [2.45, 2.75) is 26.8 Å². The third-order valence-electron chi connectivity index (χ3n) is 2.33. The fraction of sp³-hybridized carbons (Fsp3) is 0.667. The molecule has 1 unspecified atom stereocenters. The molecule has 1 aromatic heterocycles. The second-order valence-corrected chi connectivity index (χ2v) is 6.71. The number of nitrogens with zero attached hydrogens (tertiary/aromatic N) is 1. The molecule has 0 spiro atoms. The lowest BCUT2D eigenvalue weighted by Crippen LogP contribution is -2.29. The summed E-state index contributed by atoms with van der Waals surface area (Å²) >= 11 is 3.07. The number of hydrogen-bond donors (Lipinski definition) is 3. The third-order valence-corrected chi connectivity index (χ3v) is 4.24. The van der Waals surface area contributed by atoms with Crippen molar-refractivity contribution < 1.29 is 4.79 Å². The second kappa shape index (κ2) is 7.59. The van der Waals surface area contributed by atoms with Crippen LogP contribution in [0.15, 0.2) is 0 Å². The Labute approximate surface area is 122 Å². The molecule has 1 atom stereocenters. The molecule has 0 radical (unpaired) electrons. The molecule has 19 heavy (non-hydrogen) atoms. The molecule has 0 bridgehead atoms. The maximum atomic E-state index is 12.0. The van der Waals surface area contributed by atoms with Crippen molar-refractivity contribution in [1.29, 1.82) is 0 Å². The number of thiazole rings is 1. The highest BCUT2D eigenvalue weighted by Crippen LogP contribution is 2.25. The van der Waals surface area contributed by atoms with Gasteiger partial charge in [0.25, 0.3) is 5.91 Å². The van der Waals surface area contributed by atoms with Crippen molar-refractivity contribution in [3.8, 4) is 0 Å². The molecule has 1 aromatic rings. The van der Waals surface area contributed by atoms with E-state index in [1.807, 2.05) is 13.8 Å². The maximum absolute atomic E-state index is 12.0. The van der Waals surface area contributed by atoms with Gasteiger partial charge in [-0.3, -0.25) is 4.79 Å². The van der Waals surface area contributed by atoms with E-state index in [0.717, 1.165) is 5.75 Å². The number of amides is 1. The molecule has 0 saturated carbocycles. The zero-order chi connectivity index (χ0) is 14.4. The van der Waals surface area contributed by atoms with E-state index in [2.05, 4.69) is 28.8 Å². The number of nitrogens with two attached hydrogens (primary N) is 1. The summed E-state index contributed by atoms with van der Waals surface area (Å²) in [7, 11) is 0. The fourth-order valence-electron chi connectivity index (χ4n) is 1.49. The van der Waals surface area contributed by atoms with Crippen LogP contribution in [0.2, 0.25) is 0 Å². The van der Waals surface area contributed by atoms with Gasteiger partial charge in [0, 0.05) is 12.6 Å². The summed E-state index contributed by atoms with van der Waals surface area (Å²) in [5.41, 5.74) is 5.78. The SMILES string of the molecule is CSCC(C)CNC(=O)c1sc(NC(C)C)nc1N. The lowest BCUT2D eigenvalue weighted by atomic mass is 10.2. The number of anilines is 2. The molecule has 1 rings (SSSR count). The Balaban J connectivity index is 2.59. The predicted octanol–water partition coefficient (Wildman–Crippen LogP) is 2.27. The van der Waals surface area contributed by atoms with Crippen LogP contribution in [0, 0.1) is 5.92 Å². The topological polar surface area (TPSA) is 80.0 Å². The highest BCUT2D eigenvalue weighted by atomic mass is 32.2. The average Bonchev–Trinajstić information content (AvgIpc) is 2.66. The second-order valence-electron chi connectivity index (χ2n) is 4.80. The first-order chi connectivity index (χ1) is 8.93. The summed E-state index contributed by atoms with van der Waals surface area (Å²) in [6.45, 7) is 6.80. The largest absolute Gasteiger partial charge is 0.382 e. The molecule has 0 fully saturated rings. The summed E-state index contributed by atoms with van der Waals surface area (Å²) < 4.78 is 0. The molecule has 0 aromatic carbocycles. The number of carbonyl (C=O) groups excluding carboxylic acids is 1. The number of hydrogen-bond acceptors (Lipinski definition) is 6. The molecule has 0 aliphatic rings. The molecular weight excluding hydrogens is 280 g/mol. The number of rotatable bonds is 7. The lowest BCUT2D eigenvalue weighted by Gasteiger charge is -2.10. The highest BCUT2D eigenvalue weighted by molar-refractivity contribution is 7.98. The smallest absolute Gasteiger partial charge is 0.265 e. The molecule has 0 saturated heterocycles. The number of nitrogens with one attached hydrogen (secondary N) is 2. The van der Waals surface area contributed by atoms with Crippen LogP contribution in [0.3, 0.4) is 0 Å². The molecule has 0 aliphatic carbocycles. The van der Waals surface area contributed by atoms with Crippen molar-refractivity contribution in [2.75, 3.05) is 29.6 Å². The van der Waals surface area contributed by atoms with E-state index in [9.17, 15) is 4.79 Å². The van der Waals surface area contributed by atoms with Crippen LogP contribution in [0.1, 0.15) is 30.4 Å². The summed E-state index contributed by atoms with van der Waals surface area (Å²) in [6.07, 6.45) is 2.06. The van der Waals surface area contributed by atoms with Crippen LogP contribution < -0.4 is 16.4 Å². The molecule has 5 nitrogen and oxygen atoms in total. The quantitative estimate of drug-likeness (QED) is 0.720. The summed E-state index contributed by atoms with van der Waals surface area (Å²) in [5.74, 6) is 1.63. The Morgan fingerprint density at radius 3 is 2.74 bits per heavy atom. The summed E-state index contributed by atoms with van der Waals surface area (Å²) in [5, 5.41) is 6.74. The van der Waals surface area contributed by atoms with Gasteiger partial charge in [-0.25, -0.2) is 4.98 Å². The predicted molar refractivity (Wildman–Crippen MR) is 85.2 cm³/mol. The minimum Gasteiger partial charge on any atom is -0.382 e. The Morgan fingerprint density at radius 2 is 2.16 bits per heavy atom. The Hall–Kier alpha value is -0.950. The van der Waals surface area contributed by atoms with E-state index in [1.165, 1.54) is 11.3 Å². The van der Waals surface area contributed by atoms with Crippen LogP contribution in [-0.4, -0.2) is 35.5 Å². The monoisotopic (exact) mass is 302 g/mol. The molecule has 7 heteroatoms. The van der Waals surface area contributed by atoms with Gasteiger partial charge in [0.05, 0.1) is 0 Å². The standard InChI is InChI=1S/C12H22N4OS2/c1-7(2)15-12-16-10(13)9(19-12)11(17)14-5-8(3)6-18-4/h7-8H,5-6,13H2,1-4H3,(H,14,17)(H,15,16). The van der Waals surface area contributed by atoms with Crippen molar-refractivity contribution in [1.82, 2.24) is 10.3 Å². The van der Waals surface area contributed by atoms with Crippen LogP contribution in [0.25, 0.3) is 0 Å². The van der Waals surface area contributed by atoms with Gasteiger partial charge in [-0.1, -0.05) is 18.3 Å². The van der Waals surface area contributed by atoms with Gasteiger partial charge in [-0.2, -0.15) is 11.8 Å². The normalized spacial score (nSPS) is 12.5. The van der Waals surface area contributed by atoms with E-state index in [1.54, 1.807) is 11.8 Å². The van der Waals surface area contributed by atoms with Crippen molar-refractivity contribution >= 4 is 40.0 Å². The van der Waals surface area contributed by atoms with Crippen LogP contribution in [0.5, 0.6) is 0 Å². The molecule has 0 aliphatic heterocycles. The van der Waals surface area contributed by atoms with Gasteiger partial charge in [0.1, 0.15) is 10.7 Å². The zero-order valence-corrected chi connectivity index (χ0v) is 13.5. The maximum Gasteiger partial charge on any atom is 0.265 e. The first-order valence-electron chi connectivity index (χ1n) is 6.24. The van der Waals surface area contributed by atoms with Crippen LogP contribution >= 0.6 is 23.1 Å². The first kappa shape index (κ1) is 16.1. The summed E-state index contributed by atoms with van der Waals surface area (Å²) in [6, 6.07) is 0.267. The van der Waals surface area contributed by atoms with E-state index in [-0.39, 0.29) is 11.9 Å². The highest BCUT2D eigenvalue weighted by Gasteiger charge is 2.16. The molecular formula is C12H22N4OS2. The number of thioether (sulfide) groups is 1. The lowest BCUT2D eigenvalue weighted by molar-refractivity contribution is 0.0954. The van der Waals surface area contributed by atoms with E-state index >= 15 is 0 Å². The minimum absolute atomic E-state index is 0.139. The summed E-state index contributed by atoms with van der Waals surface area (Å²) in [4.78, 5) is 16.7. The van der Waals surface area contributed by atoms with Crippen molar-refractivity contribution in [3.05, 3.63) is 4.88 Å². The van der Waals surface area contributed by atoms with E-state index in [4.69, 9.17) is 5.73 Å². The number of carbonyl (C=O) groups is 1. The Morgan fingerprint density at radius 1 is 1.47 bits per heavy atom. The van der Waals surface area contributed by atoms with Crippen LogP contribution in [-0.2, 0) is 0 Å². The Kier molecular flexibility index (Phi) is 6.44. The van der Waals surface area contributed by atoms with Crippen molar-refractivity contribution in [2.24, 2.45) is 5.92 Å². The molecule has 4 N–H and O–H groups in total. The minimum atomic E-state index is -0.139. The average molecular weight is 302 g/mol. The van der Waals surface area contributed by atoms with E-state index in [0.29, 0.717) is 28.3 Å². The Bertz CT molecular complexity index is 420. The van der Waals surface area contributed by atoms with Crippen LogP contribution in [0.4, 0.5) is 10.9 Å². The molecule has 108 valence electrons. The van der Waals surface area contributed by atoms with Gasteiger partial charge in [-0.15, -0.1) is 0 Å². The van der Waals surface area contributed by atoms with Crippen molar-refractivity contribution in [3.63, 3.8) is 0 Å². The van der Waals surface area contributed by atoms with Gasteiger partial charge in [0.15, 0.2) is 5.13 Å². The molecule has 1 heterocycles. The van der Waals surface area contributed by atoms with Gasteiger partial charge in [-0.05, 0) is 31.8 Å². The molecule has 1 amide bonds. The number of aromatic nitrogens is 1. The van der Waals surface area contributed by atoms with Gasteiger partial charge >= 0.3 is 0 Å². The third kappa shape index (κ3) is 5.28. The van der Waals surface area contributed by atoms with E-state index < -0.39 is 0 Å². The van der Waals surface area contributed by atoms with Gasteiger partial charge < -0.3 is 16.4 Å². The fourth-order valence-corrected chi connectivity index (χ4v) is 3.13. The zero-order valence-electron chi connectivity index (χ0n) is 11.8.